The third-order valence-electron chi connectivity index (χ3n) is 3.64. The van der Waals surface area contributed by atoms with E-state index in [0.717, 1.165) is 11.9 Å². The molecule has 8 heteroatoms. The number of nitrogens with one attached hydrogen (secondary N) is 1. The van der Waals surface area contributed by atoms with E-state index in [4.69, 9.17) is 4.42 Å². The van der Waals surface area contributed by atoms with Crippen molar-refractivity contribution in [1.29, 1.82) is 0 Å². The molecule has 0 spiro atoms. The average Bonchev–Trinajstić information content (AvgIpc) is 3.04. The number of carbonyl (C=O) groups is 1. The molecule has 1 aromatic carbocycles. The maximum atomic E-state index is 12.1. The van der Waals surface area contributed by atoms with Crippen LogP contribution in [0.5, 0.6) is 0 Å². The van der Waals surface area contributed by atoms with E-state index in [0.29, 0.717) is 11.4 Å². The van der Waals surface area contributed by atoms with Gasteiger partial charge < -0.3 is 14.6 Å². The molecule has 0 saturated carbocycles. The van der Waals surface area contributed by atoms with Crippen LogP contribution in [0.15, 0.2) is 47.1 Å². The molecule has 0 fully saturated rings. The van der Waals surface area contributed by atoms with Crippen LogP contribution in [-0.2, 0) is 21.4 Å². The molecular weight excluding hydrogens is 342 g/mol. The van der Waals surface area contributed by atoms with Crippen molar-refractivity contribution >= 4 is 27.3 Å². The summed E-state index contributed by atoms with van der Waals surface area (Å²) in [4.78, 5) is 14.1. The molecule has 1 N–H and O–H groups in total. The van der Waals surface area contributed by atoms with E-state index in [1.807, 2.05) is 43.3 Å². The van der Waals surface area contributed by atoms with Crippen LogP contribution in [0.2, 0.25) is 0 Å². The first-order valence-corrected chi connectivity index (χ1v) is 9.65. The van der Waals surface area contributed by atoms with Gasteiger partial charge in [0.2, 0.25) is 15.9 Å². The predicted molar refractivity (Wildman–Crippen MR) is 98.0 cm³/mol. The number of hydrogen-bond acceptors (Lipinski definition) is 5. The SMILES string of the molecule is CN(C)c1ccc(NC(=O)CCN(Cc2ccco2)S(C)(=O)=O)cc1. The fraction of sp³-hybridized carbons (Fsp3) is 0.353. The molecule has 0 saturated heterocycles. The number of rotatable bonds is 8. The average molecular weight is 365 g/mol. The summed E-state index contributed by atoms with van der Waals surface area (Å²) in [6.45, 7) is 0.192. The number of anilines is 2. The molecule has 25 heavy (non-hydrogen) atoms. The third-order valence-corrected chi connectivity index (χ3v) is 4.89. The Morgan fingerprint density at radius 1 is 1.16 bits per heavy atom. The van der Waals surface area contributed by atoms with Crippen LogP contribution in [0.25, 0.3) is 0 Å². The number of hydrogen-bond donors (Lipinski definition) is 1. The molecule has 7 nitrogen and oxygen atoms in total. The van der Waals surface area contributed by atoms with E-state index in [9.17, 15) is 13.2 Å². The van der Waals surface area contributed by atoms with Gasteiger partial charge in [0.15, 0.2) is 0 Å². The number of amides is 1. The van der Waals surface area contributed by atoms with Gasteiger partial charge >= 0.3 is 0 Å². The molecule has 0 bridgehead atoms. The Balaban J connectivity index is 1.92. The fourth-order valence-electron chi connectivity index (χ4n) is 2.23. The number of carbonyl (C=O) groups excluding carboxylic acids is 1. The molecule has 0 radical (unpaired) electrons. The van der Waals surface area contributed by atoms with Crippen LogP contribution >= 0.6 is 0 Å². The highest BCUT2D eigenvalue weighted by Gasteiger charge is 2.19. The Hall–Kier alpha value is -2.32. The van der Waals surface area contributed by atoms with Gasteiger partial charge in [-0.2, -0.15) is 4.31 Å². The van der Waals surface area contributed by atoms with Gasteiger partial charge in [-0.15, -0.1) is 0 Å². The maximum absolute atomic E-state index is 12.1. The lowest BCUT2D eigenvalue weighted by Crippen LogP contribution is -2.32. The highest BCUT2D eigenvalue weighted by Crippen LogP contribution is 2.16. The minimum atomic E-state index is -3.44. The maximum Gasteiger partial charge on any atom is 0.225 e. The second-order valence-corrected chi connectivity index (χ2v) is 7.90. The summed E-state index contributed by atoms with van der Waals surface area (Å²) in [5.74, 6) is 0.288. The second kappa shape index (κ2) is 8.17. The van der Waals surface area contributed by atoms with Crippen LogP contribution in [0.4, 0.5) is 11.4 Å². The Kier molecular flexibility index (Phi) is 6.22. The van der Waals surface area contributed by atoms with Gasteiger partial charge in [-0.1, -0.05) is 0 Å². The van der Waals surface area contributed by atoms with Crippen molar-refractivity contribution in [3.05, 3.63) is 48.4 Å². The van der Waals surface area contributed by atoms with E-state index < -0.39 is 10.0 Å². The van der Waals surface area contributed by atoms with Gasteiger partial charge in [0.1, 0.15) is 5.76 Å². The zero-order valence-corrected chi connectivity index (χ0v) is 15.4. The summed E-state index contributed by atoms with van der Waals surface area (Å²) in [5.41, 5.74) is 1.70. The van der Waals surface area contributed by atoms with Crippen LogP contribution in [0, 0.1) is 0 Å². The Morgan fingerprint density at radius 3 is 2.36 bits per heavy atom. The van der Waals surface area contributed by atoms with Crippen molar-refractivity contribution in [2.75, 3.05) is 37.1 Å². The van der Waals surface area contributed by atoms with E-state index in [1.54, 1.807) is 12.1 Å². The Morgan fingerprint density at radius 2 is 1.84 bits per heavy atom. The number of nitrogens with zero attached hydrogens (tertiary/aromatic N) is 2. The van der Waals surface area contributed by atoms with Crippen molar-refractivity contribution in [2.45, 2.75) is 13.0 Å². The van der Waals surface area contributed by atoms with Crippen molar-refractivity contribution in [2.24, 2.45) is 0 Å². The lowest BCUT2D eigenvalue weighted by molar-refractivity contribution is -0.116. The van der Waals surface area contributed by atoms with E-state index in [1.165, 1.54) is 10.6 Å². The minimum Gasteiger partial charge on any atom is -0.468 e. The van der Waals surface area contributed by atoms with Gasteiger partial charge in [-0.3, -0.25) is 4.79 Å². The number of sulfonamides is 1. The van der Waals surface area contributed by atoms with Crippen LogP contribution < -0.4 is 10.2 Å². The summed E-state index contributed by atoms with van der Waals surface area (Å²) in [5, 5.41) is 2.77. The quantitative estimate of drug-likeness (QED) is 0.775. The summed E-state index contributed by atoms with van der Waals surface area (Å²) in [7, 11) is 0.437. The molecule has 1 aromatic heterocycles. The second-order valence-electron chi connectivity index (χ2n) is 5.92. The van der Waals surface area contributed by atoms with Gasteiger partial charge in [0, 0.05) is 38.4 Å². The zero-order valence-electron chi connectivity index (χ0n) is 14.6. The first-order chi connectivity index (χ1) is 11.8. The third kappa shape index (κ3) is 5.91. The smallest absolute Gasteiger partial charge is 0.225 e. The molecule has 1 heterocycles. The van der Waals surface area contributed by atoms with Crippen molar-refractivity contribution in [3.8, 4) is 0 Å². The van der Waals surface area contributed by atoms with Gasteiger partial charge in [-0.25, -0.2) is 8.42 Å². The van der Waals surface area contributed by atoms with Gasteiger partial charge in [-0.05, 0) is 36.4 Å². The van der Waals surface area contributed by atoms with E-state index in [2.05, 4.69) is 5.32 Å². The normalized spacial score (nSPS) is 11.5. The number of furan rings is 1. The first-order valence-electron chi connectivity index (χ1n) is 7.80. The lowest BCUT2D eigenvalue weighted by Gasteiger charge is -2.18. The molecule has 0 aliphatic rings. The summed E-state index contributed by atoms with van der Waals surface area (Å²) < 4.78 is 30.2. The molecule has 0 aliphatic heterocycles. The monoisotopic (exact) mass is 365 g/mol. The topological polar surface area (TPSA) is 82.9 Å². The molecule has 2 aromatic rings. The Bertz CT molecular complexity index is 784. The standard InChI is InChI=1S/C17H23N3O4S/c1-19(2)15-8-6-14(7-9-15)18-17(21)10-11-20(25(3,22)23)13-16-5-4-12-24-16/h4-9,12H,10-11,13H2,1-3H3,(H,18,21). The summed E-state index contributed by atoms with van der Waals surface area (Å²) in [6, 6.07) is 10.8. The van der Waals surface area contributed by atoms with Gasteiger partial charge in [0.05, 0.1) is 19.1 Å². The molecule has 0 unspecified atom stereocenters. The van der Waals surface area contributed by atoms with E-state index >= 15 is 0 Å². The van der Waals surface area contributed by atoms with Crippen molar-refractivity contribution in [1.82, 2.24) is 4.31 Å². The van der Waals surface area contributed by atoms with Crippen molar-refractivity contribution < 1.29 is 17.6 Å². The predicted octanol–water partition coefficient (Wildman–Crippen LogP) is 2.14. The van der Waals surface area contributed by atoms with E-state index in [-0.39, 0.29) is 25.4 Å². The van der Waals surface area contributed by atoms with Crippen molar-refractivity contribution in [3.63, 3.8) is 0 Å². The Labute approximate surface area is 148 Å². The molecule has 136 valence electrons. The lowest BCUT2D eigenvalue weighted by atomic mass is 10.2. The molecule has 0 aliphatic carbocycles. The number of benzene rings is 1. The minimum absolute atomic E-state index is 0.0587. The zero-order chi connectivity index (χ0) is 18.4. The molecule has 2 rings (SSSR count). The molecule has 1 amide bonds. The van der Waals surface area contributed by atoms with Crippen LogP contribution in [-0.4, -0.2) is 45.5 Å². The molecular formula is C17H23N3O4S. The summed E-state index contributed by atoms with van der Waals surface area (Å²) in [6.07, 6.45) is 2.66. The van der Waals surface area contributed by atoms with Gasteiger partial charge in [0.25, 0.3) is 0 Å². The van der Waals surface area contributed by atoms with Crippen LogP contribution in [0.1, 0.15) is 12.2 Å². The largest absolute Gasteiger partial charge is 0.468 e. The summed E-state index contributed by atoms with van der Waals surface area (Å²) >= 11 is 0. The highest BCUT2D eigenvalue weighted by molar-refractivity contribution is 7.88. The van der Waals surface area contributed by atoms with Crippen LogP contribution in [0.3, 0.4) is 0 Å². The highest BCUT2D eigenvalue weighted by atomic mass is 32.2. The molecule has 0 atom stereocenters. The first kappa shape index (κ1) is 19.0. The fourth-order valence-corrected chi connectivity index (χ4v) is 3.02.